The monoisotopic (exact) mass is 315 g/mol. The molecule has 1 aromatic carbocycles. The molecule has 0 bridgehead atoms. The molecule has 122 valence electrons. The molecule has 0 saturated heterocycles. The lowest BCUT2D eigenvalue weighted by Gasteiger charge is -2.25. The molecule has 0 aromatic heterocycles. The molecule has 0 heterocycles. The van der Waals surface area contributed by atoms with Gasteiger partial charge in [-0.3, -0.25) is 4.79 Å². The number of halogens is 2. The molecular formula is C15H19F2NO4. The van der Waals surface area contributed by atoms with E-state index in [2.05, 4.69) is 5.32 Å². The summed E-state index contributed by atoms with van der Waals surface area (Å²) >= 11 is 0. The molecule has 0 aliphatic rings. The van der Waals surface area contributed by atoms with E-state index in [9.17, 15) is 18.4 Å². The molecule has 0 aliphatic heterocycles. The zero-order chi connectivity index (χ0) is 16.8. The van der Waals surface area contributed by atoms with Crippen molar-refractivity contribution in [3.8, 4) is 0 Å². The van der Waals surface area contributed by atoms with E-state index in [1.807, 2.05) is 0 Å². The fourth-order valence-corrected chi connectivity index (χ4v) is 1.96. The fraction of sp³-hybridized carbons (Fsp3) is 0.467. The SMILES string of the molecule is COCC(C)(NC(=O)CCCc1ccc(F)c(F)c1)C(=O)O. The molecule has 5 nitrogen and oxygen atoms in total. The van der Waals surface area contributed by atoms with E-state index in [0.717, 1.165) is 12.1 Å². The number of carboxylic acid groups (broad SMARTS) is 1. The van der Waals surface area contributed by atoms with Crippen LogP contribution in [0.4, 0.5) is 8.78 Å². The number of amides is 1. The first-order valence-corrected chi connectivity index (χ1v) is 6.76. The Hall–Kier alpha value is -2.02. The summed E-state index contributed by atoms with van der Waals surface area (Å²) in [6, 6.07) is 3.56. The number of nitrogens with one attached hydrogen (secondary N) is 1. The standard InChI is InChI=1S/C15H19F2NO4/c1-15(9-22-2,14(20)21)18-13(19)5-3-4-10-6-7-11(16)12(17)8-10/h6-8H,3-5,9H2,1-2H3,(H,18,19)(H,20,21). The van der Waals surface area contributed by atoms with Crippen molar-refractivity contribution < 1.29 is 28.2 Å². The molecular weight excluding hydrogens is 296 g/mol. The highest BCUT2D eigenvalue weighted by Crippen LogP contribution is 2.12. The summed E-state index contributed by atoms with van der Waals surface area (Å²) in [4.78, 5) is 22.9. The predicted octanol–water partition coefficient (Wildman–Crippen LogP) is 1.89. The summed E-state index contributed by atoms with van der Waals surface area (Å²) in [6.07, 6.45) is 0.851. The van der Waals surface area contributed by atoms with Crippen LogP contribution in [-0.4, -0.2) is 36.2 Å². The first-order chi connectivity index (χ1) is 10.3. The van der Waals surface area contributed by atoms with Gasteiger partial charge in [0.1, 0.15) is 0 Å². The van der Waals surface area contributed by atoms with Gasteiger partial charge >= 0.3 is 5.97 Å². The molecule has 0 saturated carbocycles. The van der Waals surface area contributed by atoms with Gasteiger partial charge in [0.15, 0.2) is 17.2 Å². The van der Waals surface area contributed by atoms with Crippen LogP contribution < -0.4 is 5.32 Å². The molecule has 0 radical (unpaired) electrons. The van der Waals surface area contributed by atoms with Crippen molar-refractivity contribution in [3.63, 3.8) is 0 Å². The van der Waals surface area contributed by atoms with Gasteiger partial charge in [0.05, 0.1) is 6.61 Å². The Labute approximate surface area is 127 Å². The van der Waals surface area contributed by atoms with Crippen molar-refractivity contribution in [3.05, 3.63) is 35.4 Å². The number of carbonyl (C=O) groups excluding carboxylic acids is 1. The Morgan fingerprint density at radius 2 is 2.00 bits per heavy atom. The highest BCUT2D eigenvalue weighted by Gasteiger charge is 2.34. The lowest BCUT2D eigenvalue weighted by atomic mass is 10.0. The molecule has 1 rings (SSSR count). The summed E-state index contributed by atoms with van der Waals surface area (Å²) in [5.74, 6) is -3.48. The molecule has 22 heavy (non-hydrogen) atoms. The van der Waals surface area contributed by atoms with Crippen LogP contribution in [-0.2, 0) is 20.7 Å². The largest absolute Gasteiger partial charge is 0.479 e. The zero-order valence-corrected chi connectivity index (χ0v) is 12.5. The first kappa shape index (κ1) is 18.0. The maximum absolute atomic E-state index is 13.0. The molecule has 2 N–H and O–H groups in total. The van der Waals surface area contributed by atoms with Crippen LogP contribution in [0.2, 0.25) is 0 Å². The summed E-state index contributed by atoms with van der Waals surface area (Å²) in [5, 5.41) is 11.5. The minimum absolute atomic E-state index is 0.0750. The van der Waals surface area contributed by atoms with Gasteiger partial charge < -0.3 is 15.2 Å². The lowest BCUT2D eigenvalue weighted by Crippen LogP contribution is -2.55. The number of rotatable bonds is 8. The van der Waals surface area contributed by atoms with Crippen LogP contribution in [0, 0.1) is 11.6 Å². The first-order valence-electron chi connectivity index (χ1n) is 6.76. The number of hydrogen-bond donors (Lipinski definition) is 2. The Morgan fingerprint density at radius 3 is 2.55 bits per heavy atom. The second kappa shape index (κ2) is 7.84. The van der Waals surface area contributed by atoms with E-state index < -0.39 is 29.0 Å². The highest BCUT2D eigenvalue weighted by molar-refractivity contribution is 5.86. The van der Waals surface area contributed by atoms with Gasteiger partial charge in [-0.1, -0.05) is 6.07 Å². The molecule has 0 spiro atoms. The normalized spacial score (nSPS) is 13.5. The van der Waals surface area contributed by atoms with Crippen molar-refractivity contribution in [2.75, 3.05) is 13.7 Å². The Bertz CT molecular complexity index is 550. The topological polar surface area (TPSA) is 75.6 Å². The van der Waals surface area contributed by atoms with Crippen LogP contribution in [0.25, 0.3) is 0 Å². The van der Waals surface area contributed by atoms with Crippen molar-refractivity contribution in [1.29, 1.82) is 0 Å². The summed E-state index contributed by atoms with van der Waals surface area (Å²) in [7, 11) is 1.34. The maximum Gasteiger partial charge on any atom is 0.331 e. The van der Waals surface area contributed by atoms with E-state index >= 15 is 0 Å². The quantitative estimate of drug-likeness (QED) is 0.768. The molecule has 1 atom stereocenters. The zero-order valence-electron chi connectivity index (χ0n) is 12.5. The number of carboxylic acids is 1. The van der Waals surface area contributed by atoms with Crippen molar-refractivity contribution >= 4 is 11.9 Å². The van der Waals surface area contributed by atoms with Crippen molar-refractivity contribution in [2.45, 2.75) is 31.7 Å². The van der Waals surface area contributed by atoms with Crippen molar-refractivity contribution in [1.82, 2.24) is 5.32 Å². The third kappa shape index (κ3) is 5.07. The van der Waals surface area contributed by atoms with Crippen LogP contribution in [0.15, 0.2) is 18.2 Å². The van der Waals surface area contributed by atoms with Crippen LogP contribution in [0.5, 0.6) is 0 Å². The Balaban J connectivity index is 2.48. The van der Waals surface area contributed by atoms with Crippen LogP contribution >= 0.6 is 0 Å². The maximum atomic E-state index is 13.0. The lowest BCUT2D eigenvalue weighted by molar-refractivity contribution is -0.149. The molecule has 7 heteroatoms. The van der Waals surface area contributed by atoms with Gasteiger partial charge in [0, 0.05) is 13.5 Å². The van der Waals surface area contributed by atoms with Gasteiger partial charge in [-0.25, -0.2) is 13.6 Å². The van der Waals surface area contributed by atoms with Gasteiger partial charge in [-0.2, -0.15) is 0 Å². The van der Waals surface area contributed by atoms with Crippen LogP contribution in [0.3, 0.4) is 0 Å². The molecule has 0 fully saturated rings. The van der Waals surface area contributed by atoms with E-state index in [0.29, 0.717) is 18.4 Å². The average Bonchev–Trinajstić information content (AvgIpc) is 2.42. The number of methoxy groups -OCH3 is 1. The number of aryl methyl sites for hydroxylation is 1. The third-order valence-electron chi connectivity index (χ3n) is 3.17. The van der Waals surface area contributed by atoms with E-state index in [4.69, 9.17) is 9.84 Å². The van der Waals surface area contributed by atoms with E-state index in [1.165, 1.54) is 20.1 Å². The average molecular weight is 315 g/mol. The van der Waals surface area contributed by atoms with Gasteiger partial charge in [0.2, 0.25) is 5.91 Å². The number of benzene rings is 1. The van der Waals surface area contributed by atoms with Crippen molar-refractivity contribution in [2.24, 2.45) is 0 Å². The second-order valence-electron chi connectivity index (χ2n) is 5.22. The third-order valence-corrected chi connectivity index (χ3v) is 3.17. The van der Waals surface area contributed by atoms with Gasteiger partial charge in [0.25, 0.3) is 0 Å². The number of carbonyl (C=O) groups is 2. The smallest absolute Gasteiger partial charge is 0.331 e. The minimum Gasteiger partial charge on any atom is -0.479 e. The van der Waals surface area contributed by atoms with Gasteiger partial charge in [-0.05, 0) is 37.5 Å². The van der Waals surface area contributed by atoms with E-state index in [-0.39, 0.29) is 13.0 Å². The number of aliphatic carboxylic acids is 1. The molecule has 1 aromatic rings. The molecule has 1 amide bonds. The number of hydrogen-bond acceptors (Lipinski definition) is 3. The summed E-state index contributed by atoms with van der Waals surface area (Å²) < 4.78 is 30.6. The molecule has 0 aliphatic carbocycles. The summed E-state index contributed by atoms with van der Waals surface area (Å²) in [6.45, 7) is 1.20. The van der Waals surface area contributed by atoms with Crippen LogP contribution in [0.1, 0.15) is 25.3 Å². The van der Waals surface area contributed by atoms with E-state index in [1.54, 1.807) is 0 Å². The number of ether oxygens (including phenoxy) is 1. The second-order valence-corrected chi connectivity index (χ2v) is 5.22. The Kier molecular flexibility index (Phi) is 6.42. The highest BCUT2D eigenvalue weighted by atomic mass is 19.2. The Morgan fingerprint density at radius 1 is 1.32 bits per heavy atom. The van der Waals surface area contributed by atoms with Gasteiger partial charge in [-0.15, -0.1) is 0 Å². The summed E-state index contributed by atoms with van der Waals surface area (Å²) in [5.41, 5.74) is -0.919. The fourth-order valence-electron chi connectivity index (χ4n) is 1.96. The predicted molar refractivity (Wildman–Crippen MR) is 75.4 cm³/mol. The molecule has 1 unspecified atom stereocenters. The minimum atomic E-state index is -1.49.